The van der Waals surface area contributed by atoms with Gasteiger partial charge < -0.3 is 40.1 Å². The molecule has 4 aliphatic carbocycles. The average molecular weight is 485 g/mol. The van der Waals surface area contributed by atoms with Gasteiger partial charge in [0.05, 0.1) is 24.9 Å². The van der Waals surface area contributed by atoms with E-state index in [2.05, 4.69) is 20.8 Å². The summed E-state index contributed by atoms with van der Waals surface area (Å²) in [5, 5.41) is 62.4. The monoisotopic (exact) mass is 484 g/mol. The number of ether oxygens (including phenoxy) is 2. The molecule has 1 aliphatic heterocycles. The van der Waals surface area contributed by atoms with Crippen LogP contribution in [-0.4, -0.2) is 86.3 Å². The maximum atomic E-state index is 11.8. The van der Waals surface area contributed by atoms with Gasteiger partial charge in [0.1, 0.15) is 24.4 Å². The molecule has 6 N–H and O–H groups in total. The van der Waals surface area contributed by atoms with Crippen molar-refractivity contribution in [2.75, 3.05) is 13.2 Å². The molecule has 5 rings (SSSR count). The molecule has 0 radical (unpaired) electrons. The molecule has 8 nitrogen and oxygen atoms in total. The zero-order chi connectivity index (χ0) is 24.7. The average Bonchev–Trinajstić information content (AvgIpc) is 2.99. The van der Waals surface area contributed by atoms with E-state index in [0.717, 1.165) is 44.9 Å². The van der Waals surface area contributed by atoms with Crippen LogP contribution < -0.4 is 0 Å². The van der Waals surface area contributed by atoms with Gasteiger partial charge in [-0.1, -0.05) is 20.8 Å². The first-order valence-corrected chi connectivity index (χ1v) is 13.2. The number of fused-ring (bicyclic) bond motifs is 3. The summed E-state index contributed by atoms with van der Waals surface area (Å²) in [4.78, 5) is 0. The fraction of sp³-hybridized carbons (Fsp3) is 1.00. The number of aliphatic hydroxyl groups excluding tert-OH is 5. The van der Waals surface area contributed by atoms with Crippen LogP contribution in [0.2, 0.25) is 0 Å². The molecule has 4 unspecified atom stereocenters. The van der Waals surface area contributed by atoms with Crippen LogP contribution >= 0.6 is 0 Å². The summed E-state index contributed by atoms with van der Waals surface area (Å²) in [5.41, 5.74) is -0.942. The second kappa shape index (κ2) is 8.35. The van der Waals surface area contributed by atoms with E-state index in [1.807, 2.05) is 0 Å². The second-order valence-corrected chi connectivity index (χ2v) is 13.2. The van der Waals surface area contributed by atoms with Crippen LogP contribution in [0.4, 0.5) is 0 Å². The summed E-state index contributed by atoms with van der Waals surface area (Å²) in [6, 6.07) is 0. The van der Waals surface area contributed by atoms with Crippen molar-refractivity contribution in [3.05, 3.63) is 0 Å². The van der Waals surface area contributed by atoms with Crippen molar-refractivity contribution in [2.24, 2.45) is 34.0 Å². The lowest BCUT2D eigenvalue weighted by atomic mass is 9.41. The quantitative estimate of drug-likeness (QED) is 0.346. The van der Waals surface area contributed by atoms with Crippen molar-refractivity contribution in [1.82, 2.24) is 0 Å². The summed E-state index contributed by atoms with van der Waals surface area (Å²) >= 11 is 0. The molecule has 4 saturated carbocycles. The Morgan fingerprint density at radius 3 is 2.32 bits per heavy atom. The Morgan fingerprint density at radius 2 is 1.62 bits per heavy atom. The van der Waals surface area contributed by atoms with E-state index in [9.17, 15) is 30.6 Å². The van der Waals surface area contributed by atoms with Crippen LogP contribution in [0.5, 0.6) is 0 Å². The molecule has 0 aromatic carbocycles. The topological polar surface area (TPSA) is 140 Å². The number of hydrogen-bond acceptors (Lipinski definition) is 8. The number of hydrogen-bond donors (Lipinski definition) is 6. The SMILES string of the molecule is CC1(C)C(O)CC[C@@]2(C)C3CCC4CC3(CC[C@H]12)C[C@]4(O)CO[C@H]1O[C@H](CO)[C@@H](O)[C@H](O)[C@H]1O. The molecule has 1 spiro atoms. The number of aliphatic hydroxyl groups is 6. The Kier molecular flexibility index (Phi) is 6.22. The molecule has 1 heterocycles. The van der Waals surface area contributed by atoms with E-state index in [4.69, 9.17) is 9.47 Å². The van der Waals surface area contributed by atoms with Gasteiger partial charge in [-0.15, -0.1) is 0 Å². The molecule has 12 atom stereocenters. The predicted octanol–water partition coefficient (Wildman–Crippen LogP) is 0.938. The highest BCUT2D eigenvalue weighted by molar-refractivity contribution is 5.17. The summed E-state index contributed by atoms with van der Waals surface area (Å²) < 4.78 is 11.4. The Bertz CT molecular complexity index is 774. The first-order valence-electron chi connectivity index (χ1n) is 13.2. The van der Waals surface area contributed by atoms with E-state index >= 15 is 0 Å². The molecule has 196 valence electrons. The molecule has 5 fully saturated rings. The van der Waals surface area contributed by atoms with Gasteiger partial charge in [-0.05, 0) is 85.4 Å². The smallest absolute Gasteiger partial charge is 0.186 e. The Hall–Kier alpha value is -0.320. The molecule has 0 aromatic rings. The molecule has 0 aromatic heterocycles. The van der Waals surface area contributed by atoms with Crippen molar-refractivity contribution in [3.63, 3.8) is 0 Å². The third kappa shape index (κ3) is 3.55. The maximum absolute atomic E-state index is 11.8. The summed E-state index contributed by atoms with van der Waals surface area (Å²) in [6.07, 6.45) is 0.709. The summed E-state index contributed by atoms with van der Waals surface area (Å²) in [7, 11) is 0. The summed E-state index contributed by atoms with van der Waals surface area (Å²) in [5.74, 6) is 1.08. The van der Waals surface area contributed by atoms with Crippen molar-refractivity contribution in [1.29, 1.82) is 0 Å². The van der Waals surface area contributed by atoms with E-state index in [1.165, 1.54) is 0 Å². The first kappa shape index (κ1) is 25.3. The Balaban J connectivity index is 1.32. The zero-order valence-electron chi connectivity index (χ0n) is 20.8. The number of rotatable bonds is 4. The van der Waals surface area contributed by atoms with Crippen molar-refractivity contribution in [2.45, 2.75) is 115 Å². The van der Waals surface area contributed by atoms with Crippen molar-refractivity contribution in [3.8, 4) is 0 Å². The molecule has 2 bridgehead atoms. The molecular formula is C26H44O8. The van der Waals surface area contributed by atoms with Gasteiger partial charge in [-0.2, -0.15) is 0 Å². The van der Waals surface area contributed by atoms with Crippen LogP contribution in [0, 0.1) is 34.0 Å². The van der Waals surface area contributed by atoms with Crippen LogP contribution in [0.1, 0.15) is 72.1 Å². The lowest BCUT2D eigenvalue weighted by molar-refractivity contribution is -0.310. The van der Waals surface area contributed by atoms with E-state index in [0.29, 0.717) is 18.3 Å². The Morgan fingerprint density at radius 1 is 0.882 bits per heavy atom. The summed E-state index contributed by atoms with van der Waals surface area (Å²) in [6.45, 7) is 6.36. The lowest BCUT2D eigenvalue weighted by Gasteiger charge is -2.64. The molecule has 8 heteroatoms. The predicted molar refractivity (Wildman–Crippen MR) is 122 cm³/mol. The Labute approximate surface area is 202 Å². The maximum Gasteiger partial charge on any atom is 0.186 e. The normalized spacial score (nSPS) is 56.6. The molecule has 34 heavy (non-hydrogen) atoms. The standard InChI is InChI=1S/C26H44O8/c1-23(2)16-6-9-25-10-14(4-5-17(25)24(16,3)8-7-18(23)28)26(32,12-25)13-33-22-21(31)20(30)19(29)15(11-27)34-22/h14-22,27-32H,4-13H2,1-3H3/t14?,15-,16-,17?,18?,19-,20+,21-,22+,24-,25?,26+/m1/s1. The van der Waals surface area contributed by atoms with Gasteiger partial charge in [0.2, 0.25) is 0 Å². The second-order valence-electron chi connectivity index (χ2n) is 13.2. The molecular weight excluding hydrogens is 440 g/mol. The van der Waals surface area contributed by atoms with Crippen LogP contribution in [0.25, 0.3) is 0 Å². The minimum Gasteiger partial charge on any atom is -0.394 e. The minimum atomic E-state index is -1.49. The van der Waals surface area contributed by atoms with Gasteiger partial charge in [-0.3, -0.25) is 0 Å². The highest BCUT2D eigenvalue weighted by Gasteiger charge is 2.68. The van der Waals surface area contributed by atoms with E-state index < -0.39 is 42.9 Å². The fourth-order valence-corrected chi connectivity index (χ4v) is 9.44. The third-order valence-electron chi connectivity index (χ3n) is 11.2. The van der Waals surface area contributed by atoms with Crippen LogP contribution in [0.3, 0.4) is 0 Å². The third-order valence-corrected chi connectivity index (χ3v) is 11.2. The molecule has 0 amide bonds. The van der Waals surface area contributed by atoms with Gasteiger partial charge in [0.15, 0.2) is 6.29 Å². The molecule has 1 saturated heterocycles. The highest BCUT2D eigenvalue weighted by atomic mass is 16.7. The van der Waals surface area contributed by atoms with E-state index in [1.54, 1.807) is 0 Å². The van der Waals surface area contributed by atoms with Crippen molar-refractivity contribution >= 4 is 0 Å². The largest absolute Gasteiger partial charge is 0.394 e. The van der Waals surface area contributed by atoms with Gasteiger partial charge in [0.25, 0.3) is 0 Å². The van der Waals surface area contributed by atoms with Crippen molar-refractivity contribution < 1.29 is 40.1 Å². The van der Waals surface area contributed by atoms with Gasteiger partial charge >= 0.3 is 0 Å². The zero-order valence-corrected chi connectivity index (χ0v) is 20.8. The highest BCUT2D eigenvalue weighted by Crippen LogP contribution is 2.72. The van der Waals surface area contributed by atoms with Gasteiger partial charge in [-0.25, -0.2) is 0 Å². The molecule has 5 aliphatic rings. The van der Waals surface area contributed by atoms with Gasteiger partial charge in [0, 0.05) is 0 Å². The minimum absolute atomic E-state index is 0.0147. The lowest BCUT2D eigenvalue weighted by Crippen LogP contribution is -2.60. The van der Waals surface area contributed by atoms with Crippen LogP contribution in [0.15, 0.2) is 0 Å². The van der Waals surface area contributed by atoms with E-state index in [-0.39, 0.29) is 34.9 Å². The van der Waals surface area contributed by atoms with Crippen LogP contribution in [-0.2, 0) is 9.47 Å². The first-order chi connectivity index (χ1) is 15.9. The fourth-order valence-electron chi connectivity index (χ4n) is 9.44.